The summed E-state index contributed by atoms with van der Waals surface area (Å²) in [4.78, 5) is 16.3. The summed E-state index contributed by atoms with van der Waals surface area (Å²) < 4.78 is 0. The minimum atomic E-state index is -0.238. The quantitative estimate of drug-likeness (QED) is 0.829. The Bertz CT molecular complexity index is 591. The van der Waals surface area contributed by atoms with Crippen molar-refractivity contribution in [1.82, 2.24) is 4.98 Å². The minimum Gasteiger partial charge on any atom is -0.398 e. The van der Waals surface area contributed by atoms with Crippen LogP contribution in [0.3, 0.4) is 0 Å². The first-order chi connectivity index (χ1) is 9.10. The second kappa shape index (κ2) is 5.52. The summed E-state index contributed by atoms with van der Waals surface area (Å²) in [6, 6.07) is 9.12. The summed E-state index contributed by atoms with van der Waals surface area (Å²) in [5, 5.41) is 2.75. The molecule has 2 rings (SSSR count). The molecule has 0 fully saturated rings. The van der Waals surface area contributed by atoms with E-state index in [4.69, 9.17) is 5.73 Å². The fourth-order valence-corrected chi connectivity index (χ4v) is 1.76. The van der Waals surface area contributed by atoms with Gasteiger partial charge < -0.3 is 11.1 Å². The molecule has 0 aliphatic rings. The van der Waals surface area contributed by atoms with E-state index < -0.39 is 0 Å². The number of nitrogens with zero attached hydrogens (tertiary/aromatic N) is 1. The van der Waals surface area contributed by atoms with Gasteiger partial charge in [0.2, 0.25) is 0 Å². The summed E-state index contributed by atoms with van der Waals surface area (Å²) in [5.41, 5.74) is 8.87. The van der Waals surface area contributed by atoms with E-state index in [0.29, 0.717) is 17.1 Å². The van der Waals surface area contributed by atoms with Crippen LogP contribution < -0.4 is 11.1 Å². The van der Waals surface area contributed by atoms with Gasteiger partial charge in [0.1, 0.15) is 5.82 Å². The molecule has 0 aliphatic carbocycles. The SMILES string of the molecule is CCc1ccc(NC(=O)c2cc(C)ccc2N)nc1. The predicted molar refractivity (Wildman–Crippen MR) is 77.2 cm³/mol. The van der Waals surface area contributed by atoms with Gasteiger partial charge in [-0.3, -0.25) is 4.79 Å². The fraction of sp³-hybridized carbons (Fsp3) is 0.200. The smallest absolute Gasteiger partial charge is 0.258 e. The zero-order chi connectivity index (χ0) is 13.8. The number of nitrogens with one attached hydrogen (secondary N) is 1. The number of aromatic nitrogens is 1. The zero-order valence-corrected chi connectivity index (χ0v) is 11.1. The summed E-state index contributed by atoms with van der Waals surface area (Å²) in [7, 11) is 0. The molecular weight excluding hydrogens is 238 g/mol. The van der Waals surface area contributed by atoms with Gasteiger partial charge in [-0.25, -0.2) is 4.98 Å². The van der Waals surface area contributed by atoms with Crippen molar-refractivity contribution in [2.75, 3.05) is 11.1 Å². The lowest BCUT2D eigenvalue weighted by Gasteiger charge is -2.08. The van der Waals surface area contributed by atoms with E-state index in [9.17, 15) is 4.79 Å². The maximum atomic E-state index is 12.1. The Balaban J connectivity index is 2.18. The Labute approximate surface area is 112 Å². The maximum Gasteiger partial charge on any atom is 0.258 e. The van der Waals surface area contributed by atoms with Gasteiger partial charge in [0.25, 0.3) is 5.91 Å². The molecule has 0 radical (unpaired) electrons. The van der Waals surface area contributed by atoms with E-state index >= 15 is 0 Å². The predicted octanol–water partition coefficient (Wildman–Crippen LogP) is 2.79. The van der Waals surface area contributed by atoms with Crippen molar-refractivity contribution in [3.05, 3.63) is 53.2 Å². The van der Waals surface area contributed by atoms with Crippen LogP contribution in [0, 0.1) is 6.92 Å². The number of hydrogen-bond acceptors (Lipinski definition) is 3. The van der Waals surface area contributed by atoms with Crippen LogP contribution in [-0.4, -0.2) is 10.9 Å². The van der Waals surface area contributed by atoms with Gasteiger partial charge >= 0.3 is 0 Å². The molecule has 98 valence electrons. The molecule has 4 heteroatoms. The summed E-state index contributed by atoms with van der Waals surface area (Å²) in [5.74, 6) is 0.293. The number of pyridine rings is 1. The van der Waals surface area contributed by atoms with E-state index in [0.717, 1.165) is 17.5 Å². The van der Waals surface area contributed by atoms with Crippen LogP contribution in [0.25, 0.3) is 0 Å². The summed E-state index contributed by atoms with van der Waals surface area (Å²) in [6.07, 6.45) is 2.68. The molecule has 0 bridgehead atoms. The third-order valence-corrected chi connectivity index (χ3v) is 2.93. The molecule has 1 aromatic heterocycles. The normalized spacial score (nSPS) is 10.2. The molecule has 3 N–H and O–H groups in total. The highest BCUT2D eigenvalue weighted by atomic mass is 16.1. The second-order valence-electron chi connectivity index (χ2n) is 4.45. The average molecular weight is 255 g/mol. The Kier molecular flexibility index (Phi) is 3.80. The van der Waals surface area contributed by atoms with Crippen molar-refractivity contribution in [1.29, 1.82) is 0 Å². The number of nitrogen functional groups attached to an aromatic ring is 1. The van der Waals surface area contributed by atoms with Gasteiger partial charge in [-0.1, -0.05) is 24.6 Å². The van der Waals surface area contributed by atoms with Crippen molar-refractivity contribution >= 4 is 17.4 Å². The van der Waals surface area contributed by atoms with Crippen molar-refractivity contribution in [2.24, 2.45) is 0 Å². The van der Waals surface area contributed by atoms with Gasteiger partial charge in [0, 0.05) is 11.9 Å². The summed E-state index contributed by atoms with van der Waals surface area (Å²) in [6.45, 7) is 3.98. The van der Waals surface area contributed by atoms with E-state index in [1.165, 1.54) is 0 Å². The van der Waals surface area contributed by atoms with Crippen molar-refractivity contribution < 1.29 is 4.79 Å². The standard InChI is InChI=1S/C15H17N3O/c1-3-11-5-7-14(17-9-11)18-15(19)12-8-10(2)4-6-13(12)16/h4-9H,3,16H2,1-2H3,(H,17,18,19). The molecule has 1 amide bonds. The molecule has 19 heavy (non-hydrogen) atoms. The van der Waals surface area contributed by atoms with Crippen LogP contribution in [0.5, 0.6) is 0 Å². The molecule has 2 aromatic rings. The van der Waals surface area contributed by atoms with Crippen LogP contribution in [0.4, 0.5) is 11.5 Å². The number of anilines is 2. The lowest BCUT2D eigenvalue weighted by atomic mass is 10.1. The minimum absolute atomic E-state index is 0.238. The van der Waals surface area contributed by atoms with E-state index in [-0.39, 0.29) is 5.91 Å². The topological polar surface area (TPSA) is 68.0 Å². The Hall–Kier alpha value is -2.36. The molecule has 4 nitrogen and oxygen atoms in total. The van der Waals surface area contributed by atoms with Gasteiger partial charge in [-0.15, -0.1) is 0 Å². The van der Waals surface area contributed by atoms with Crippen molar-refractivity contribution in [3.63, 3.8) is 0 Å². The lowest BCUT2D eigenvalue weighted by molar-refractivity contribution is 0.102. The fourth-order valence-electron chi connectivity index (χ4n) is 1.76. The average Bonchev–Trinajstić information content (AvgIpc) is 2.42. The number of aryl methyl sites for hydroxylation is 2. The number of amides is 1. The van der Waals surface area contributed by atoms with Crippen LogP contribution in [0.1, 0.15) is 28.4 Å². The highest BCUT2D eigenvalue weighted by Crippen LogP contribution is 2.15. The van der Waals surface area contributed by atoms with Gasteiger partial charge in [0.05, 0.1) is 5.56 Å². The third kappa shape index (κ3) is 3.10. The maximum absolute atomic E-state index is 12.1. The van der Waals surface area contributed by atoms with Crippen LogP contribution >= 0.6 is 0 Å². The largest absolute Gasteiger partial charge is 0.398 e. The first kappa shape index (κ1) is 13.1. The highest BCUT2D eigenvalue weighted by molar-refractivity contribution is 6.07. The third-order valence-electron chi connectivity index (χ3n) is 2.93. The molecule has 0 atom stereocenters. The second-order valence-corrected chi connectivity index (χ2v) is 4.45. The van der Waals surface area contributed by atoms with E-state index in [2.05, 4.69) is 17.2 Å². The van der Waals surface area contributed by atoms with E-state index in [1.54, 1.807) is 24.4 Å². The molecule has 1 aromatic carbocycles. The number of nitrogens with two attached hydrogens (primary N) is 1. The Morgan fingerprint density at radius 2 is 2.11 bits per heavy atom. The highest BCUT2D eigenvalue weighted by Gasteiger charge is 2.10. The van der Waals surface area contributed by atoms with E-state index in [1.807, 2.05) is 19.1 Å². The number of carbonyl (C=O) groups is 1. The van der Waals surface area contributed by atoms with Crippen molar-refractivity contribution in [2.45, 2.75) is 20.3 Å². The number of rotatable bonds is 3. The zero-order valence-electron chi connectivity index (χ0n) is 11.1. The molecule has 0 unspecified atom stereocenters. The number of carbonyl (C=O) groups excluding carboxylic acids is 1. The molecule has 0 saturated carbocycles. The number of benzene rings is 1. The molecule has 0 spiro atoms. The Morgan fingerprint density at radius 3 is 2.74 bits per heavy atom. The van der Waals surface area contributed by atoms with Gasteiger partial charge in [0.15, 0.2) is 0 Å². The van der Waals surface area contributed by atoms with Crippen LogP contribution in [0.15, 0.2) is 36.5 Å². The molecule has 0 aliphatic heterocycles. The molecular formula is C15H17N3O. The molecule has 1 heterocycles. The van der Waals surface area contributed by atoms with Gasteiger partial charge in [-0.05, 0) is 37.1 Å². The molecule has 0 saturated heterocycles. The first-order valence-electron chi connectivity index (χ1n) is 6.22. The lowest BCUT2D eigenvalue weighted by Crippen LogP contribution is -2.15. The first-order valence-corrected chi connectivity index (χ1v) is 6.22. The van der Waals surface area contributed by atoms with Gasteiger partial charge in [-0.2, -0.15) is 0 Å². The summed E-state index contributed by atoms with van der Waals surface area (Å²) >= 11 is 0. The monoisotopic (exact) mass is 255 g/mol. The Morgan fingerprint density at radius 1 is 1.32 bits per heavy atom. The van der Waals surface area contributed by atoms with Crippen molar-refractivity contribution in [3.8, 4) is 0 Å². The van der Waals surface area contributed by atoms with Crippen LogP contribution in [-0.2, 0) is 6.42 Å². The number of hydrogen-bond donors (Lipinski definition) is 2. The van der Waals surface area contributed by atoms with Crippen LogP contribution in [0.2, 0.25) is 0 Å².